The average Bonchev–Trinajstić information content (AvgIpc) is 3.04. The zero-order valence-corrected chi connectivity index (χ0v) is 14.7. The third-order valence-corrected chi connectivity index (χ3v) is 4.43. The van der Waals surface area contributed by atoms with E-state index in [-0.39, 0.29) is 5.91 Å². The van der Waals surface area contributed by atoms with Crippen molar-refractivity contribution < 1.29 is 4.79 Å². The summed E-state index contributed by atoms with van der Waals surface area (Å²) in [6, 6.07) is 13.7. The Hall–Kier alpha value is -3.28. The fourth-order valence-electron chi connectivity index (χ4n) is 3.05. The van der Waals surface area contributed by atoms with E-state index in [0.717, 1.165) is 33.6 Å². The topological polar surface area (TPSA) is 72.2 Å². The van der Waals surface area contributed by atoms with Crippen LogP contribution in [0.1, 0.15) is 27.4 Å². The summed E-state index contributed by atoms with van der Waals surface area (Å²) in [7, 11) is 0. The van der Waals surface area contributed by atoms with Crippen LogP contribution in [0.15, 0.2) is 48.7 Å². The van der Waals surface area contributed by atoms with Crippen molar-refractivity contribution in [2.75, 3.05) is 6.54 Å². The van der Waals surface area contributed by atoms with E-state index in [1.54, 1.807) is 0 Å². The van der Waals surface area contributed by atoms with E-state index >= 15 is 0 Å². The zero-order chi connectivity index (χ0) is 18.1. The van der Waals surface area contributed by atoms with Crippen molar-refractivity contribution in [3.8, 4) is 0 Å². The summed E-state index contributed by atoms with van der Waals surface area (Å²) in [6.07, 6.45) is 2.53. The van der Waals surface area contributed by atoms with E-state index in [9.17, 15) is 4.79 Å². The van der Waals surface area contributed by atoms with E-state index < -0.39 is 0 Å². The van der Waals surface area contributed by atoms with Crippen LogP contribution in [0.5, 0.6) is 0 Å². The van der Waals surface area contributed by atoms with Gasteiger partial charge in [-0.25, -0.2) is 0 Å². The lowest BCUT2D eigenvalue weighted by Crippen LogP contribution is -2.27. The molecule has 0 radical (unpaired) electrons. The predicted molar refractivity (Wildman–Crippen MR) is 100 cm³/mol. The van der Waals surface area contributed by atoms with Crippen molar-refractivity contribution >= 4 is 22.5 Å². The van der Waals surface area contributed by atoms with Gasteiger partial charge in [0.2, 0.25) is 0 Å². The highest BCUT2D eigenvalue weighted by molar-refractivity contribution is 5.98. The molecule has 6 nitrogen and oxygen atoms in total. The second-order valence-corrected chi connectivity index (χ2v) is 6.37. The van der Waals surface area contributed by atoms with Crippen molar-refractivity contribution in [1.82, 2.24) is 24.9 Å². The molecule has 1 amide bonds. The number of carbonyl (C=O) groups excluding carboxylic acids is 1. The van der Waals surface area contributed by atoms with E-state index in [0.29, 0.717) is 18.5 Å². The van der Waals surface area contributed by atoms with Gasteiger partial charge in [-0.1, -0.05) is 18.2 Å². The van der Waals surface area contributed by atoms with Crippen LogP contribution in [0.4, 0.5) is 0 Å². The van der Waals surface area contributed by atoms with Gasteiger partial charge in [-0.15, -0.1) is 10.2 Å². The second-order valence-electron chi connectivity index (χ2n) is 6.37. The summed E-state index contributed by atoms with van der Waals surface area (Å²) < 4.78 is 1.93. The van der Waals surface area contributed by atoms with Gasteiger partial charge in [0.15, 0.2) is 5.65 Å². The van der Waals surface area contributed by atoms with E-state index in [1.165, 1.54) is 0 Å². The molecule has 0 saturated heterocycles. The van der Waals surface area contributed by atoms with Crippen molar-refractivity contribution in [3.05, 3.63) is 71.3 Å². The number of nitrogens with zero attached hydrogens (tertiary/aromatic N) is 4. The van der Waals surface area contributed by atoms with Gasteiger partial charge in [0.05, 0.1) is 16.8 Å². The van der Waals surface area contributed by atoms with Crippen molar-refractivity contribution in [3.63, 3.8) is 0 Å². The molecule has 0 atom stereocenters. The number of hydrogen-bond acceptors (Lipinski definition) is 4. The summed E-state index contributed by atoms with van der Waals surface area (Å²) in [5, 5.41) is 12.2. The fourth-order valence-corrected chi connectivity index (χ4v) is 3.05. The first-order chi connectivity index (χ1) is 12.6. The lowest BCUT2D eigenvalue weighted by Gasteiger charge is -2.09. The Bertz CT molecular complexity index is 1120. The minimum Gasteiger partial charge on any atom is -0.352 e. The average molecular weight is 345 g/mol. The first-order valence-electron chi connectivity index (χ1n) is 8.57. The molecule has 0 aliphatic heterocycles. The first-order valence-corrected chi connectivity index (χ1v) is 8.57. The van der Waals surface area contributed by atoms with Crippen LogP contribution < -0.4 is 5.32 Å². The normalized spacial score (nSPS) is 11.2. The first kappa shape index (κ1) is 16.2. The Morgan fingerprint density at radius 3 is 2.88 bits per heavy atom. The Morgan fingerprint density at radius 2 is 2.00 bits per heavy atom. The van der Waals surface area contributed by atoms with E-state index in [2.05, 4.69) is 20.5 Å². The largest absolute Gasteiger partial charge is 0.352 e. The molecule has 3 aromatic heterocycles. The van der Waals surface area contributed by atoms with Crippen LogP contribution in [-0.2, 0) is 6.42 Å². The number of hydrogen-bond donors (Lipinski definition) is 1. The summed E-state index contributed by atoms with van der Waals surface area (Å²) >= 11 is 0. The molecule has 0 bridgehead atoms. The Balaban J connectivity index is 1.49. The number of aryl methyl sites for hydroxylation is 2. The molecule has 0 spiro atoms. The van der Waals surface area contributed by atoms with Gasteiger partial charge in [-0.2, -0.15) is 0 Å². The smallest absolute Gasteiger partial charge is 0.253 e. The molecule has 1 N–H and O–H groups in total. The maximum absolute atomic E-state index is 12.6. The molecule has 0 saturated carbocycles. The molecule has 4 rings (SSSR count). The molecule has 0 fully saturated rings. The molecule has 4 aromatic rings. The summed E-state index contributed by atoms with van der Waals surface area (Å²) in [4.78, 5) is 17.1. The second kappa shape index (κ2) is 6.55. The third-order valence-electron chi connectivity index (χ3n) is 4.43. The van der Waals surface area contributed by atoms with Crippen molar-refractivity contribution in [1.29, 1.82) is 0 Å². The highest BCUT2D eigenvalue weighted by atomic mass is 16.1. The molecule has 0 aliphatic carbocycles. The van der Waals surface area contributed by atoms with Gasteiger partial charge in [0.1, 0.15) is 5.82 Å². The fraction of sp³-hybridized carbons (Fsp3) is 0.200. The zero-order valence-electron chi connectivity index (χ0n) is 14.7. The lowest BCUT2D eigenvalue weighted by molar-refractivity contribution is 0.0953. The summed E-state index contributed by atoms with van der Waals surface area (Å²) in [5.41, 5.74) is 4.20. The molecule has 6 heteroatoms. The Morgan fingerprint density at radius 1 is 1.12 bits per heavy atom. The van der Waals surface area contributed by atoms with Gasteiger partial charge >= 0.3 is 0 Å². The maximum atomic E-state index is 12.6. The van der Waals surface area contributed by atoms with Gasteiger partial charge in [0, 0.05) is 24.5 Å². The van der Waals surface area contributed by atoms with Crippen LogP contribution in [0.3, 0.4) is 0 Å². The monoisotopic (exact) mass is 345 g/mol. The quantitative estimate of drug-likeness (QED) is 0.617. The number of rotatable bonds is 4. The highest BCUT2D eigenvalue weighted by Gasteiger charge is 2.12. The standard InChI is InChI=1S/C20H19N5O/c1-13-6-7-15-12-16(14(2)22-17(15)11-13)20(26)21-9-8-19-24-23-18-5-3-4-10-25(18)19/h3-7,10-12H,8-9H2,1-2H3,(H,21,26). The SMILES string of the molecule is Cc1ccc2cc(C(=O)NCCc3nnc4ccccn34)c(C)nc2c1. The molecule has 130 valence electrons. The lowest BCUT2D eigenvalue weighted by atomic mass is 10.1. The minimum atomic E-state index is -0.119. The number of carbonyl (C=O) groups is 1. The molecule has 1 aromatic carbocycles. The van der Waals surface area contributed by atoms with Gasteiger partial charge < -0.3 is 5.32 Å². The predicted octanol–water partition coefficient (Wildman–Crippen LogP) is 2.87. The van der Waals surface area contributed by atoms with Crippen LogP contribution in [0, 0.1) is 13.8 Å². The minimum absolute atomic E-state index is 0.119. The number of benzene rings is 1. The number of pyridine rings is 2. The molecular formula is C20H19N5O. The maximum Gasteiger partial charge on any atom is 0.253 e. The van der Waals surface area contributed by atoms with E-state index in [4.69, 9.17) is 0 Å². The number of amides is 1. The number of fused-ring (bicyclic) bond motifs is 2. The Labute approximate surface area is 150 Å². The van der Waals surface area contributed by atoms with E-state index in [1.807, 2.05) is 66.9 Å². The summed E-state index contributed by atoms with van der Waals surface area (Å²) in [5.74, 6) is 0.705. The van der Waals surface area contributed by atoms with Gasteiger partial charge in [-0.3, -0.25) is 14.2 Å². The van der Waals surface area contributed by atoms with Crippen LogP contribution in [0.25, 0.3) is 16.6 Å². The number of aromatic nitrogens is 4. The Kier molecular flexibility index (Phi) is 4.08. The third kappa shape index (κ3) is 3.01. The molecule has 0 unspecified atom stereocenters. The molecular weight excluding hydrogens is 326 g/mol. The molecule has 3 heterocycles. The van der Waals surface area contributed by atoms with Crippen LogP contribution in [0.2, 0.25) is 0 Å². The van der Waals surface area contributed by atoms with Crippen LogP contribution >= 0.6 is 0 Å². The molecule has 0 aliphatic rings. The molecule has 26 heavy (non-hydrogen) atoms. The number of nitrogens with one attached hydrogen (secondary N) is 1. The van der Waals surface area contributed by atoms with Crippen LogP contribution in [-0.4, -0.2) is 32.0 Å². The van der Waals surface area contributed by atoms with Gasteiger partial charge in [-0.05, 0) is 43.7 Å². The highest BCUT2D eigenvalue weighted by Crippen LogP contribution is 2.18. The van der Waals surface area contributed by atoms with Crippen molar-refractivity contribution in [2.24, 2.45) is 0 Å². The van der Waals surface area contributed by atoms with Crippen molar-refractivity contribution in [2.45, 2.75) is 20.3 Å². The van der Waals surface area contributed by atoms with Gasteiger partial charge in [0.25, 0.3) is 5.91 Å². The summed E-state index contributed by atoms with van der Waals surface area (Å²) in [6.45, 7) is 4.38.